The number of hydrogen-bond donors (Lipinski definition) is 0. The summed E-state index contributed by atoms with van der Waals surface area (Å²) in [6.07, 6.45) is 28.2. The van der Waals surface area contributed by atoms with Crippen LogP contribution in [0.5, 0.6) is 0 Å². The number of ether oxygens (including phenoxy) is 2. The number of methoxy groups -OCH3 is 1. The van der Waals surface area contributed by atoms with Crippen LogP contribution in [0.3, 0.4) is 0 Å². The van der Waals surface area contributed by atoms with Gasteiger partial charge in [0.2, 0.25) is 0 Å². The monoisotopic (exact) mass is 658 g/mol. The minimum atomic E-state index is -2.21. The van der Waals surface area contributed by atoms with Crippen LogP contribution in [-0.4, -0.2) is 54.0 Å². The molecule has 0 heterocycles. The molecule has 1 atom stereocenters. The molecule has 5 nitrogen and oxygen atoms in total. The largest absolute Gasteiger partial charge is 0.381 e. The Labute approximate surface area is 281 Å². The van der Waals surface area contributed by atoms with E-state index >= 15 is 4.57 Å². The second kappa shape index (κ2) is 16.5. The third kappa shape index (κ3) is 8.26. The van der Waals surface area contributed by atoms with E-state index in [1.807, 2.05) is 0 Å². The molecular weight excluding hydrogens is 591 g/mol. The highest BCUT2D eigenvalue weighted by atomic mass is 31.2. The first kappa shape index (κ1) is 35.3. The van der Waals surface area contributed by atoms with Gasteiger partial charge in [-0.05, 0) is 134 Å². The van der Waals surface area contributed by atoms with Crippen LogP contribution in [0.1, 0.15) is 167 Å². The Morgan fingerprint density at radius 2 is 0.804 bits per heavy atom. The maximum absolute atomic E-state index is 15.2. The molecule has 262 valence electrons. The fourth-order valence-corrected chi connectivity index (χ4v) is 16.4. The van der Waals surface area contributed by atoms with Gasteiger partial charge in [-0.1, -0.05) is 39.0 Å². The van der Waals surface area contributed by atoms with Crippen LogP contribution in [0.2, 0.25) is 0 Å². The summed E-state index contributed by atoms with van der Waals surface area (Å²) in [6.45, 7) is 2.39. The van der Waals surface area contributed by atoms with Crippen LogP contribution in [-0.2, 0) is 23.6 Å². The molecule has 0 aromatic carbocycles. The number of ketones is 2. The highest BCUT2D eigenvalue weighted by molar-refractivity contribution is 7.66. The smallest absolute Gasteiger partial charge is 0.139 e. The molecule has 6 fully saturated rings. The van der Waals surface area contributed by atoms with Crippen LogP contribution in [0, 0.1) is 29.6 Å². The minimum absolute atomic E-state index is 0.165. The average molecular weight is 659 g/mol. The van der Waals surface area contributed by atoms with Crippen molar-refractivity contribution in [3.8, 4) is 0 Å². The molecule has 0 aromatic heterocycles. The molecular formula is C40H67O5P. The van der Waals surface area contributed by atoms with Crippen molar-refractivity contribution < 1.29 is 23.6 Å². The van der Waals surface area contributed by atoms with Gasteiger partial charge in [0.1, 0.15) is 11.6 Å². The van der Waals surface area contributed by atoms with Gasteiger partial charge < -0.3 is 14.0 Å². The molecule has 6 saturated carbocycles. The number of Topliss-reactive ketones (excluding diaryl/α,β-unsaturated/α-hetero) is 2. The lowest BCUT2D eigenvalue weighted by Crippen LogP contribution is -2.37. The van der Waals surface area contributed by atoms with Crippen molar-refractivity contribution in [3.63, 3.8) is 0 Å². The van der Waals surface area contributed by atoms with Crippen molar-refractivity contribution in [1.29, 1.82) is 0 Å². The lowest BCUT2D eigenvalue weighted by molar-refractivity contribution is -0.134. The normalized spacial score (nSPS) is 41.3. The van der Waals surface area contributed by atoms with E-state index in [2.05, 4.69) is 6.92 Å². The molecule has 0 saturated heterocycles. The Morgan fingerprint density at radius 1 is 0.457 bits per heavy atom. The molecule has 0 radical (unpaired) electrons. The van der Waals surface area contributed by atoms with Crippen molar-refractivity contribution in [2.24, 2.45) is 29.6 Å². The van der Waals surface area contributed by atoms with Gasteiger partial charge in [-0.3, -0.25) is 9.59 Å². The van der Waals surface area contributed by atoms with Gasteiger partial charge in [-0.25, -0.2) is 0 Å². The highest BCUT2D eigenvalue weighted by Crippen LogP contribution is 2.68. The van der Waals surface area contributed by atoms with Crippen LogP contribution in [0.15, 0.2) is 0 Å². The van der Waals surface area contributed by atoms with E-state index in [1.54, 1.807) is 7.11 Å². The first-order valence-corrected chi connectivity index (χ1v) is 22.1. The topological polar surface area (TPSA) is 69.7 Å². The van der Waals surface area contributed by atoms with Gasteiger partial charge in [0.25, 0.3) is 0 Å². The molecule has 0 N–H and O–H groups in total. The second-order valence-corrected chi connectivity index (χ2v) is 20.8. The van der Waals surface area contributed by atoms with E-state index in [-0.39, 0.29) is 29.8 Å². The molecule has 1 unspecified atom stereocenters. The highest BCUT2D eigenvalue weighted by Gasteiger charge is 2.48. The predicted octanol–water partition coefficient (Wildman–Crippen LogP) is 10.3. The number of carbonyl (C=O) groups is 2. The molecule has 6 aliphatic rings. The summed E-state index contributed by atoms with van der Waals surface area (Å²) in [5.41, 5.74) is 1.45. The van der Waals surface area contributed by atoms with E-state index in [4.69, 9.17) is 9.47 Å². The summed E-state index contributed by atoms with van der Waals surface area (Å²) < 4.78 is 27.4. The van der Waals surface area contributed by atoms with E-state index in [9.17, 15) is 9.59 Å². The van der Waals surface area contributed by atoms with Crippen LogP contribution < -0.4 is 0 Å². The van der Waals surface area contributed by atoms with Gasteiger partial charge in [-0.2, -0.15) is 0 Å². The van der Waals surface area contributed by atoms with Gasteiger partial charge >= 0.3 is 0 Å². The molecule has 6 rings (SSSR count). The fraction of sp³-hybridized carbons (Fsp3) is 0.950. The predicted molar refractivity (Wildman–Crippen MR) is 187 cm³/mol. The summed E-state index contributed by atoms with van der Waals surface area (Å²) in [6, 6.07) is 0. The minimum Gasteiger partial charge on any atom is -0.381 e. The summed E-state index contributed by atoms with van der Waals surface area (Å²) in [4.78, 5) is 26.7. The third-order valence-electron chi connectivity index (χ3n) is 14.3. The second-order valence-electron chi connectivity index (χ2n) is 17.1. The summed E-state index contributed by atoms with van der Waals surface area (Å²) in [7, 11) is -0.428. The van der Waals surface area contributed by atoms with Crippen molar-refractivity contribution in [2.75, 3.05) is 7.11 Å². The van der Waals surface area contributed by atoms with E-state index < -0.39 is 7.14 Å². The van der Waals surface area contributed by atoms with Crippen molar-refractivity contribution in [3.05, 3.63) is 0 Å². The molecule has 0 aliphatic heterocycles. The molecule has 0 amide bonds. The maximum atomic E-state index is 15.2. The fourth-order valence-electron chi connectivity index (χ4n) is 11.3. The summed E-state index contributed by atoms with van der Waals surface area (Å²) in [5.74, 6) is 2.53. The Balaban J connectivity index is 0.919. The Bertz CT molecular complexity index is 1010. The summed E-state index contributed by atoms with van der Waals surface area (Å²) >= 11 is 0. The van der Waals surface area contributed by atoms with E-state index in [1.165, 1.54) is 57.8 Å². The molecule has 0 aromatic rings. The number of hydrogen-bond acceptors (Lipinski definition) is 5. The number of rotatable bonds is 10. The molecule has 0 spiro atoms. The lowest BCUT2D eigenvalue weighted by Gasteiger charge is -2.45. The van der Waals surface area contributed by atoms with Crippen LogP contribution >= 0.6 is 7.14 Å². The third-order valence-corrected chi connectivity index (χ3v) is 19.3. The Hall–Kier alpha value is -0.510. The molecule has 46 heavy (non-hydrogen) atoms. The van der Waals surface area contributed by atoms with E-state index in [0.717, 1.165) is 109 Å². The zero-order valence-corrected chi connectivity index (χ0v) is 30.4. The van der Waals surface area contributed by atoms with Gasteiger partial charge in [-0.15, -0.1) is 0 Å². The average Bonchev–Trinajstić information content (AvgIpc) is 3.12. The standard InChI is InChI=1S/C40H67O5P/c1-28-8-24-37(25-9-28)46(43,36-6-4-3-5-7-36)38-26-22-35(23-27-38)45-34-20-16-32(17-21-34)40(42)30-12-10-29(11-13-30)39(41)31-14-18-33(44-2)19-15-31/h28-38H,3-27H2,1-2H3. The lowest BCUT2D eigenvalue weighted by atomic mass is 9.70. The van der Waals surface area contributed by atoms with Crippen molar-refractivity contribution in [1.82, 2.24) is 0 Å². The Morgan fingerprint density at radius 3 is 1.24 bits per heavy atom. The van der Waals surface area contributed by atoms with Crippen molar-refractivity contribution >= 4 is 18.7 Å². The Kier molecular flexibility index (Phi) is 12.6. The van der Waals surface area contributed by atoms with Crippen molar-refractivity contribution in [2.45, 2.75) is 203 Å². The first-order valence-electron chi connectivity index (χ1n) is 20.2. The zero-order valence-electron chi connectivity index (χ0n) is 29.5. The quantitative estimate of drug-likeness (QED) is 0.219. The van der Waals surface area contributed by atoms with Gasteiger partial charge in [0, 0.05) is 47.8 Å². The van der Waals surface area contributed by atoms with Gasteiger partial charge in [0.15, 0.2) is 0 Å². The van der Waals surface area contributed by atoms with Gasteiger partial charge in [0.05, 0.1) is 25.5 Å². The SMILES string of the molecule is COC1CCC(C(=O)C2CCC(C(=O)C3CCC(OC4CCC(P(=O)(C5CCCCC5)C5CCC(C)CC5)CC4)CC3)CC2)CC1. The number of carbonyl (C=O) groups excluding carboxylic acids is 2. The van der Waals surface area contributed by atoms with E-state index in [0.29, 0.717) is 40.8 Å². The zero-order chi connectivity index (χ0) is 32.1. The first-order chi connectivity index (χ1) is 22.3. The molecule has 0 bridgehead atoms. The molecule has 6 aliphatic carbocycles. The van der Waals surface area contributed by atoms with Crippen LogP contribution in [0.25, 0.3) is 0 Å². The molecule has 6 heteroatoms. The van der Waals surface area contributed by atoms with Crippen LogP contribution in [0.4, 0.5) is 0 Å². The summed E-state index contributed by atoms with van der Waals surface area (Å²) in [5, 5.41) is 0. The maximum Gasteiger partial charge on any atom is 0.139 e.